The highest BCUT2D eigenvalue weighted by molar-refractivity contribution is 5.99. The van der Waals surface area contributed by atoms with Gasteiger partial charge in [-0.25, -0.2) is 9.97 Å². The number of hydrogen-bond donors (Lipinski definition) is 1. The van der Waals surface area contributed by atoms with Crippen LogP contribution in [0.15, 0.2) is 85.1 Å². The normalized spacial score (nSPS) is 13.0. The molecule has 0 amide bonds. The molecule has 0 saturated carbocycles. The highest BCUT2D eigenvalue weighted by Crippen LogP contribution is 2.54. The van der Waals surface area contributed by atoms with E-state index in [1.54, 1.807) is 6.07 Å². The SMILES string of the molecule is Cc1ccnc(N2c3ccccc3N(C(C)(C)C)c3ccc(-c4ccc5c(C)ccc(O)c5n4)cc32)c1. The molecule has 1 aliphatic heterocycles. The van der Waals surface area contributed by atoms with Crippen LogP contribution in [0.2, 0.25) is 0 Å². The highest BCUT2D eigenvalue weighted by Gasteiger charge is 2.35. The molecule has 0 unspecified atom stereocenters. The lowest BCUT2D eigenvalue weighted by molar-refractivity contribution is 0.480. The van der Waals surface area contributed by atoms with E-state index in [4.69, 9.17) is 9.97 Å². The smallest absolute Gasteiger partial charge is 0.141 e. The molecule has 5 heteroatoms. The molecule has 0 atom stereocenters. The van der Waals surface area contributed by atoms with Gasteiger partial charge in [-0.05, 0) is 94.3 Å². The van der Waals surface area contributed by atoms with Crippen molar-refractivity contribution < 1.29 is 5.11 Å². The van der Waals surface area contributed by atoms with Crippen molar-refractivity contribution in [1.82, 2.24) is 9.97 Å². The molecule has 3 heterocycles. The van der Waals surface area contributed by atoms with E-state index in [-0.39, 0.29) is 11.3 Å². The first-order chi connectivity index (χ1) is 17.7. The van der Waals surface area contributed by atoms with Gasteiger partial charge in [0.1, 0.15) is 17.1 Å². The zero-order valence-corrected chi connectivity index (χ0v) is 21.8. The summed E-state index contributed by atoms with van der Waals surface area (Å²) in [6, 6.07) is 26.8. The number of nitrogens with zero attached hydrogens (tertiary/aromatic N) is 4. The third-order valence-corrected chi connectivity index (χ3v) is 6.97. The summed E-state index contributed by atoms with van der Waals surface area (Å²) >= 11 is 0. The van der Waals surface area contributed by atoms with Crippen molar-refractivity contribution in [2.45, 2.75) is 40.2 Å². The number of benzene rings is 3. The molecule has 0 saturated heterocycles. The summed E-state index contributed by atoms with van der Waals surface area (Å²) in [5.41, 5.74) is 8.88. The van der Waals surface area contributed by atoms with Crippen LogP contribution in [-0.2, 0) is 0 Å². The number of fused-ring (bicyclic) bond motifs is 3. The molecule has 37 heavy (non-hydrogen) atoms. The summed E-state index contributed by atoms with van der Waals surface area (Å²) in [5, 5.41) is 11.5. The quantitative estimate of drug-likeness (QED) is 0.272. The van der Waals surface area contributed by atoms with Crippen LogP contribution in [0.25, 0.3) is 22.2 Å². The molecule has 5 aromatic rings. The average Bonchev–Trinajstić information content (AvgIpc) is 2.88. The van der Waals surface area contributed by atoms with Crippen LogP contribution >= 0.6 is 0 Å². The molecule has 1 aliphatic rings. The zero-order valence-electron chi connectivity index (χ0n) is 21.8. The van der Waals surface area contributed by atoms with Crippen LogP contribution in [0.1, 0.15) is 31.9 Å². The fourth-order valence-corrected chi connectivity index (χ4v) is 5.27. The van der Waals surface area contributed by atoms with Crippen LogP contribution < -0.4 is 9.80 Å². The number of hydrogen-bond acceptors (Lipinski definition) is 5. The lowest BCUT2D eigenvalue weighted by Crippen LogP contribution is -2.41. The monoisotopic (exact) mass is 486 g/mol. The molecule has 184 valence electrons. The minimum absolute atomic E-state index is 0.150. The second-order valence-corrected chi connectivity index (χ2v) is 10.7. The van der Waals surface area contributed by atoms with Crippen molar-refractivity contribution in [3.63, 3.8) is 0 Å². The van der Waals surface area contributed by atoms with E-state index in [1.807, 2.05) is 37.4 Å². The summed E-state index contributed by atoms with van der Waals surface area (Å²) in [6.45, 7) is 10.8. The van der Waals surface area contributed by atoms with Gasteiger partial charge in [-0.1, -0.05) is 30.3 Å². The van der Waals surface area contributed by atoms with Gasteiger partial charge >= 0.3 is 0 Å². The average molecular weight is 487 g/mol. The Kier molecular flexibility index (Phi) is 5.19. The Labute approximate surface area is 217 Å². The molecule has 3 aromatic carbocycles. The summed E-state index contributed by atoms with van der Waals surface area (Å²) in [4.78, 5) is 14.3. The van der Waals surface area contributed by atoms with Gasteiger partial charge in [-0.2, -0.15) is 0 Å². The summed E-state index contributed by atoms with van der Waals surface area (Å²) in [6.07, 6.45) is 1.86. The van der Waals surface area contributed by atoms with Gasteiger partial charge in [0.05, 0.1) is 28.4 Å². The lowest BCUT2D eigenvalue weighted by atomic mass is 9.96. The fraction of sp³-hybridized carbons (Fsp3) is 0.188. The van der Waals surface area contributed by atoms with Crippen molar-refractivity contribution in [2.24, 2.45) is 0 Å². The first-order valence-electron chi connectivity index (χ1n) is 12.6. The van der Waals surface area contributed by atoms with Gasteiger partial charge in [0.25, 0.3) is 0 Å². The summed E-state index contributed by atoms with van der Waals surface area (Å²) < 4.78 is 0. The van der Waals surface area contributed by atoms with E-state index in [1.165, 1.54) is 0 Å². The van der Waals surface area contributed by atoms with Crippen molar-refractivity contribution >= 4 is 39.5 Å². The molecular weight excluding hydrogens is 456 g/mol. The van der Waals surface area contributed by atoms with Crippen LogP contribution in [-0.4, -0.2) is 20.6 Å². The number of para-hydroxylation sites is 2. The van der Waals surface area contributed by atoms with Crippen molar-refractivity contribution in [1.29, 1.82) is 0 Å². The summed E-state index contributed by atoms with van der Waals surface area (Å²) in [7, 11) is 0. The van der Waals surface area contributed by atoms with Gasteiger partial charge in [-0.3, -0.25) is 4.90 Å². The Bertz CT molecular complexity index is 1670. The van der Waals surface area contributed by atoms with Gasteiger partial charge in [0.2, 0.25) is 0 Å². The molecule has 0 aliphatic carbocycles. The molecule has 0 spiro atoms. The Morgan fingerprint density at radius 2 is 1.51 bits per heavy atom. The van der Waals surface area contributed by atoms with Crippen LogP contribution in [0.3, 0.4) is 0 Å². The second-order valence-electron chi connectivity index (χ2n) is 10.7. The minimum Gasteiger partial charge on any atom is -0.506 e. The standard InChI is InChI=1S/C32H30N4O/c1-20-16-17-33-30(18-20)35-25-8-6-7-9-26(25)36(32(3,4)5)27-14-11-22(19-28(27)35)24-13-12-23-21(2)10-15-29(37)31(23)34-24/h6-19,37H,1-5H3. The second kappa shape index (κ2) is 8.34. The van der Waals surface area contributed by atoms with E-state index in [0.29, 0.717) is 5.52 Å². The summed E-state index contributed by atoms with van der Waals surface area (Å²) in [5.74, 6) is 1.07. The maximum Gasteiger partial charge on any atom is 0.141 e. The Balaban J connectivity index is 1.61. The first-order valence-corrected chi connectivity index (χ1v) is 12.6. The van der Waals surface area contributed by atoms with Crippen LogP contribution in [0.5, 0.6) is 5.75 Å². The fourth-order valence-electron chi connectivity index (χ4n) is 5.27. The molecular formula is C32H30N4O. The number of aryl methyl sites for hydroxylation is 2. The van der Waals surface area contributed by atoms with E-state index < -0.39 is 0 Å². The number of pyridine rings is 2. The molecule has 2 aromatic heterocycles. The van der Waals surface area contributed by atoms with Crippen molar-refractivity contribution in [3.05, 3.63) is 96.2 Å². The number of aromatic nitrogens is 2. The number of phenols is 1. The molecule has 0 radical (unpaired) electrons. The van der Waals surface area contributed by atoms with Gasteiger partial charge in [0.15, 0.2) is 0 Å². The molecule has 6 rings (SSSR count). The van der Waals surface area contributed by atoms with Crippen molar-refractivity contribution in [3.8, 4) is 17.0 Å². The Morgan fingerprint density at radius 3 is 2.27 bits per heavy atom. The number of anilines is 5. The zero-order chi connectivity index (χ0) is 25.9. The van der Waals surface area contributed by atoms with Crippen molar-refractivity contribution in [2.75, 3.05) is 9.80 Å². The predicted octanol–water partition coefficient (Wildman–Crippen LogP) is 8.34. The maximum absolute atomic E-state index is 10.5. The third-order valence-electron chi connectivity index (χ3n) is 6.97. The molecule has 0 fully saturated rings. The largest absolute Gasteiger partial charge is 0.506 e. The Hall–Kier alpha value is -4.38. The topological polar surface area (TPSA) is 52.5 Å². The van der Waals surface area contributed by atoms with E-state index in [0.717, 1.165) is 56.3 Å². The van der Waals surface area contributed by atoms with Gasteiger partial charge in [-0.15, -0.1) is 0 Å². The Morgan fingerprint density at radius 1 is 0.757 bits per heavy atom. The third kappa shape index (κ3) is 3.78. The van der Waals surface area contributed by atoms with E-state index >= 15 is 0 Å². The molecule has 0 bridgehead atoms. The molecule has 5 nitrogen and oxygen atoms in total. The highest BCUT2D eigenvalue weighted by atomic mass is 16.3. The van der Waals surface area contributed by atoms with Gasteiger partial charge in [0, 0.05) is 22.7 Å². The van der Waals surface area contributed by atoms with E-state index in [9.17, 15) is 5.11 Å². The maximum atomic E-state index is 10.5. The van der Waals surface area contributed by atoms with Gasteiger partial charge < -0.3 is 10.0 Å². The number of phenolic OH excluding ortho intramolecular Hbond substituents is 1. The number of rotatable bonds is 2. The molecule has 1 N–H and O–H groups in total. The van der Waals surface area contributed by atoms with Crippen LogP contribution in [0.4, 0.5) is 28.6 Å². The number of aromatic hydroxyl groups is 1. The minimum atomic E-state index is -0.150. The first kappa shape index (κ1) is 23.0. The predicted molar refractivity (Wildman–Crippen MR) is 153 cm³/mol. The lowest BCUT2D eigenvalue weighted by Gasteiger charge is -2.46. The van der Waals surface area contributed by atoms with E-state index in [2.05, 4.69) is 86.0 Å². The van der Waals surface area contributed by atoms with Crippen LogP contribution in [0, 0.1) is 13.8 Å².